The molecule has 0 bridgehead atoms. The lowest BCUT2D eigenvalue weighted by Crippen LogP contribution is -2.24. The van der Waals surface area contributed by atoms with Gasteiger partial charge in [-0.25, -0.2) is 13.2 Å². The molecule has 1 atom stereocenters. The largest absolute Gasteiger partial charge is 0.389 e. The van der Waals surface area contributed by atoms with Crippen LogP contribution in [0.25, 0.3) is 0 Å². The molecule has 1 aromatic carbocycles. The summed E-state index contributed by atoms with van der Waals surface area (Å²) in [7, 11) is 1.39. The lowest BCUT2D eigenvalue weighted by Gasteiger charge is -2.12. The minimum Gasteiger partial charge on any atom is -0.389 e. The van der Waals surface area contributed by atoms with Crippen molar-refractivity contribution in [2.24, 2.45) is 0 Å². The molecule has 0 radical (unpaired) electrons. The highest BCUT2D eigenvalue weighted by Gasteiger charge is 2.12. The van der Waals surface area contributed by atoms with E-state index >= 15 is 0 Å². The van der Waals surface area contributed by atoms with Crippen LogP contribution in [0, 0.1) is 17.5 Å². The Morgan fingerprint density at radius 1 is 1.38 bits per heavy atom. The number of rotatable bonds is 5. The van der Waals surface area contributed by atoms with E-state index in [2.05, 4.69) is 10.1 Å². The molecule has 0 aromatic heterocycles. The lowest BCUT2D eigenvalue weighted by atomic mass is 10.2. The fraction of sp³-hybridized carbons (Fsp3) is 0.400. The molecular weight excluding hydrogens is 223 g/mol. The van der Waals surface area contributed by atoms with E-state index in [1.165, 1.54) is 7.11 Å². The first-order valence-corrected chi connectivity index (χ1v) is 4.60. The van der Waals surface area contributed by atoms with Crippen LogP contribution >= 0.6 is 0 Å². The monoisotopic (exact) mass is 235 g/mol. The molecule has 1 rings (SSSR count). The molecule has 90 valence electrons. The molecule has 3 nitrogen and oxygen atoms in total. The first-order chi connectivity index (χ1) is 7.54. The Morgan fingerprint density at radius 2 is 2.06 bits per heavy atom. The first kappa shape index (κ1) is 12.8. The molecule has 0 aliphatic carbocycles. The van der Waals surface area contributed by atoms with Gasteiger partial charge < -0.3 is 15.2 Å². The summed E-state index contributed by atoms with van der Waals surface area (Å²) in [6.45, 7) is -0.0138. The summed E-state index contributed by atoms with van der Waals surface area (Å²) in [5, 5.41) is 11.6. The molecule has 0 fully saturated rings. The van der Waals surface area contributed by atoms with E-state index in [0.717, 1.165) is 6.07 Å². The Balaban J connectivity index is 2.66. The van der Waals surface area contributed by atoms with E-state index in [1.807, 2.05) is 0 Å². The second-order valence-electron chi connectivity index (χ2n) is 3.24. The minimum atomic E-state index is -1.27. The van der Waals surface area contributed by atoms with Gasteiger partial charge in [-0.05, 0) is 0 Å². The number of methoxy groups -OCH3 is 1. The zero-order valence-corrected chi connectivity index (χ0v) is 8.64. The zero-order valence-electron chi connectivity index (χ0n) is 8.64. The SMILES string of the molecule is COCC(O)CNc1cc(F)cc(F)c1F. The van der Waals surface area contributed by atoms with E-state index in [9.17, 15) is 18.3 Å². The highest BCUT2D eigenvalue weighted by Crippen LogP contribution is 2.18. The fourth-order valence-electron chi connectivity index (χ4n) is 1.16. The van der Waals surface area contributed by atoms with Gasteiger partial charge in [0.05, 0.1) is 18.4 Å². The van der Waals surface area contributed by atoms with Crippen LogP contribution in [0.1, 0.15) is 0 Å². The number of aliphatic hydroxyl groups excluding tert-OH is 1. The van der Waals surface area contributed by atoms with Gasteiger partial charge in [-0.2, -0.15) is 0 Å². The maximum absolute atomic E-state index is 13.1. The van der Waals surface area contributed by atoms with Crippen molar-refractivity contribution in [3.05, 3.63) is 29.6 Å². The van der Waals surface area contributed by atoms with Crippen molar-refractivity contribution in [2.45, 2.75) is 6.10 Å². The minimum absolute atomic E-state index is 0.0480. The van der Waals surface area contributed by atoms with Gasteiger partial charge in [-0.15, -0.1) is 0 Å². The topological polar surface area (TPSA) is 41.5 Å². The first-order valence-electron chi connectivity index (χ1n) is 4.60. The number of hydrogen-bond acceptors (Lipinski definition) is 3. The molecule has 0 spiro atoms. The van der Waals surface area contributed by atoms with Crippen LogP contribution in [-0.2, 0) is 4.74 Å². The second-order valence-corrected chi connectivity index (χ2v) is 3.24. The predicted octanol–water partition coefficient (Wildman–Crippen LogP) is 1.52. The van der Waals surface area contributed by atoms with Gasteiger partial charge in [0.25, 0.3) is 0 Å². The number of benzene rings is 1. The van der Waals surface area contributed by atoms with Crippen molar-refractivity contribution < 1.29 is 23.0 Å². The Hall–Kier alpha value is -1.27. The number of ether oxygens (including phenoxy) is 1. The number of halogens is 3. The smallest absolute Gasteiger partial charge is 0.182 e. The zero-order chi connectivity index (χ0) is 12.1. The average molecular weight is 235 g/mol. The summed E-state index contributed by atoms with van der Waals surface area (Å²) in [4.78, 5) is 0. The van der Waals surface area contributed by atoms with Crippen LogP contribution in [0.4, 0.5) is 18.9 Å². The Bertz CT molecular complexity index is 360. The molecule has 6 heteroatoms. The van der Waals surface area contributed by atoms with Crippen molar-refractivity contribution in [2.75, 3.05) is 25.6 Å². The molecule has 0 amide bonds. The van der Waals surface area contributed by atoms with Gasteiger partial charge in [0.15, 0.2) is 11.6 Å². The summed E-state index contributed by atoms with van der Waals surface area (Å²) >= 11 is 0. The van der Waals surface area contributed by atoms with Crippen molar-refractivity contribution in [1.29, 1.82) is 0 Å². The van der Waals surface area contributed by atoms with Crippen LogP contribution in [0.5, 0.6) is 0 Å². The molecule has 1 aromatic rings. The Morgan fingerprint density at radius 3 is 2.69 bits per heavy atom. The van der Waals surface area contributed by atoms with E-state index < -0.39 is 23.6 Å². The Labute approximate surface area is 90.8 Å². The van der Waals surface area contributed by atoms with Gasteiger partial charge in [0, 0.05) is 25.8 Å². The summed E-state index contributed by atoms with van der Waals surface area (Å²) in [5.74, 6) is -3.34. The van der Waals surface area contributed by atoms with E-state index in [4.69, 9.17) is 0 Å². The fourth-order valence-corrected chi connectivity index (χ4v) is 1.16. The summed E-state index contributed by atoms with van der Waals surface area (Å²) in [6, 6.07) is 1.27. The highest BCUT2D eigenvalue weighted by atomic mass is 19.2. The highest BCUT2D eigenvalue weighted by molar-refractivity contribution is 5.45. The maximum atomic E-state index is 13.1. The third kappa shape index (κ3) is 3.39. The third-order valence-corrected chi connectivity index (χ3v) is 1.88. The van der Waals surface area contributed by atoms with Crippen molar-refractivity contribution in [3.8, 4) is 0 Å². The van der Waals surface area contributed by atoms with E-state index in [-0.39, 0.29) is 18.8 Å². The van der Waals surface area contributed by atoms with Crippen LogP contribution in [0.2, 0.25) is 0 Å². The molecule has 1 unspecified atom stereocenters. The molecule has 0 heterocycles. The normalized spacial score (nSPS) is 12.6. The van der Waals surface area contributed by atoms with Crippen molar-refractivity contribution in [1.82, 2.24) is 0 Å². The number of aliphatic hydroxyl groups is 1. The van der Waals surface area contributed by atoms with Gasteiger partial charge in [0.2, 0.25) is 0 Å². The second kappa shape index (κ2) is 5.72. The molecular formula is C10H12F3NO2. The number of nitrogens with one attached hydrogen (secondary N) is 1. The predicted molar refractivity (Wildman–Crippen MR) is 52.7 cm³/mol. The van der Waals surface area contributed by atoms with Gasteiger partial charge >= 0.3 is 0 Å². The van der Waals surface area contributed by atoms with Crippen molar-refractivity contribution in [3.63, 3.8) is 0 Å². The molecule has 0 saturated carbocycles. The summed E-state index contributed by atoms with van der Waals surface area (Å²) in [6.07, 6.45) is -0.879. The standard InChI is InChI=1S/C10H12F3NO2/c1-16-5-7(15)4-14-9-3-6(11)2-8(12)10(9)13/h2-3,7,14-15H,4-5H2,1H3. The van der Waals surface area contributed by atoms with E-state index in [0.29, 0.717) is 6.07 Å². The number of hydrogen-bond donors (Lipinski definition) is 2. The van der Waals surface area contributed by atoms with Crippen molar-refractivity contribution >= 4 is 5.69 Å². The maximum Gasteiger partial charge on any atom is 0.182 e. The average Bonchev–Trinajstić information content (AvgIpc) is 2.21. The molecule has 0 saturated heterocycles. The van der Waals surface area contributed by atoms with Crippen LogP contribution in [0.3, 0.4) is 0 Å². The van der Waals surface area contributed by atoms with Crippen LogP contribution in [0.15, 0.2) is 12.1 Å². The third-order valence-electron chi connectivity index (χ3n) is 1.88. The quantitative estimate of drug-likeness (QED) is 0.760. The van der Waals surface area contributed by atoms with Gasteiger partial charge in [0.1, 0.15) is 5.82 Å². The molecule has 2 N–H and O–H groups in total. The van der Waals surface area contributed by atoms with Crippen LogP contribution < -0.4 is 5.32 Å². The molecule has 0 aliphatic rings. The van der Waals surface area contributed by atoms with Crippen LogP contribution in [-0.4, -0.2) is 31.5 Å². The molecule has 0 aliphatic heterocycles. The van der Waals surface area contributed by atoms with E-state index in [1.54, 1.807) is 0 Å². The van der Waals surface area contributed by atoms with Gasteiger partial charge in [-0.3, -0.25) is 0 Å². The summed E-state index contributed by atoms with van der Waals surface area (Å²) in [5.41, 5.74) is -0.326. The molecule has 16 heavy (non-hydrogen) atoms. The number of anilines is 1. The Kier molecular flexibility index (Phi) is 4.57. The lowest BCUT2D eigenvalue weighted by molar-refractivity contribution is 0.0727. The summed E-state index contributed by atoms with van der Waals surface area (Å²) < 4.78 is 43.3. The van der Waals surface area contributed by atoms with Gasteiger partial charge in [-0.1, -0.05) is 0 Å².